The minimum absolute atomic E-state index is 0.00756. The number of fused-ring (bicyclic) bond motifs is 1. The molecule has 1 aliphatic heterocycles. The topological polar surface area (TPSA) is 61.8 Å². The van der Waals surface area contributed by atoms with E-state index < -0.39 is 0 Å². The van der Waals surface area contributed by atoms with Gasteiger partial charge in [-0.15, -0.1) is 0 Å². The first-order chi connectivity index (χ1) is 9.20. The SMILES string of the molecule is COC(=O)CCSCC(=O)c1ccc2c(c1)OCO2. The fourth-order valence-corrected chi connectivity index (χ4v) is 2.38. The largest absolute Gasteiger partial charge is 0.469 e. The Balaban J connectivity index is 1.82. The van der Waals surface area contributed by atoms with Crippen molar-refractivity contribution in [3.8, 4) is 11.5 Å². The lowest BCUT2D eigenvalue weighted by atomic mass is 10.1. The smallest absolute Gasteiger partial charge is 0.306 e. The third kappa shape index (κ3) is 3.64. The summed E-state index contributed by atoms with van der Waals surface area (Å²) >= 11 is 1.41. The van der Waals surface area contributed by atoms with Crippen LogP contribution in [0.2, 0.25) is 0 Å². The molecule has 0 saturated carbocycles. The molecule has 0 atom stereocenters. The van der Waals surface area contributed by atoms with Crippen LogP contribution < -0.4 is 9.47 Å². The molecule has 1 heterocycles. The lowest BCUT2D eigenvalue weighted by Gasteiger charge is -2.03. The van der Waals surface area contributed by atoms with Crippen LogP contribution in [0.25, 0.3) is 0 Å². The number of rotatable bonds is 6. The molecule has 0 radical (unpaired) electrons. The molecule has 0 saturated heterocycles. The lowest BCUT2D eigenvalue weighted by molar-refractivity contribution is -0.140. The van der Waals surface area contributed by atoms with E-state index in [-0.39, 0.29) is 18.5 Å². The van der Waals surface area contributed by atoms with E-state index in [0.29, 0.717) is 35.0 Å². The molecule has 0 bridgehead atoms. The fourth-order valence-electron chi connectivity index (χ4n) is 1.58. The molecule has 5 nitrogen and oxygen atoms in total. The predicted molar refractivity (Wildman–Crippen MR) is 70.9 cm³/mol. The van der Waals surface area contributed by atoms with Gasteiger partial charge in [-0.25, -0.2) is 0 Å². The van der Waals surface area contributed by atoms with E-state index >= 15 is 0 Å². The number of esters is 1. The first-order valence-electron chi connectivity index (χ1n) is 5.78. The summed E-state index contributed by atoms with van der Waals surface area (Å²) in [6.45, 7) is 0.195. The molecule has 0 fully saturated rings. The van der Waals surface area contributed by atoms with Gasteiger partial charge in [-0.2, -0.15) is 11.8 Å². The maximum atomic E-state index is 11.9. The Kier molecular flexibility index (Phi) is 4.68. The Morgan fingerprint density at radius 1 is 1.32 bits per heavy atom. The summed E-state index contributed by atoms with van der Waals surface area (Å²) < 4.78 is 14.9. The third-order valence-electron chi connectivity index (χ3n) is 2.61. The molecule has 0 N–H and O–H groups in total. The molecule has 2 rings (SSSR count). The van der Waals surface area contributed by atoms with Crippen molar-refractivity contribution >= 4 is 23.5 Å². The van der Waals surface area contributed by atoms with Gasteiger partial charge in [0.15, 0.2) is 17.3 Å². The average Bonchev–Trinajstić information content (AvgIpc) is 2.90. The zero-order valence-electron chi connectivity index (χ0n) is 10.5. The van der Waals surface area contributed by atoms with Gasteiger partial charge in [0, 0.05) is 11.3 Å². The van der Waals surface area contributed by atoms with Gasteiger partial charge in [0.05, 0.1) is 19.3 Å². The maximum Gasteiger partial charge on any atom is 0.306 e. The number of ketones is 1. The number of carbonyl (C=O) groups excluding carboxylic acids is 2. The van der Waals surface area contributed by atoms with Crippen LogP contribution in [0.4, 0.5) is 0 Å². The molecule has 1 aromatic rings. The molecule has 0 spiro atoms. The van der Waals surface area contributed by atoms with Gasteiger partial charge < -0.3 is 14.2 Å². The number of hydrogen-bond acceptors (Lipinski definition) is 6. The molecule has 0 unspecified atom stereocenters. The average molecular weight is 282 g/mol. The number of methoxy groups -OCH3 is 1. The van der Waals surface area contributed by atoms with Crippen LogP contribution in [0.5, 0.6) is 11.5 Å². The zero-order valence-corrected chi connectivity index (χ0v) is 11.3. The molecule has 1 aliphatic rings. The van der Waals surface area contributed by atoms with Crippen molar-refractivity contribution in [1.29, 1.82) is 0 Å². The highest BCUT2D eigenvalue weighted by molar-refractivity contribution is 8.00. The zero-order chi connectivity index (χ0) is 13.7. The molecule has 19 heavy (non-hydrogen) atoms. The van der Waals surface area contributed by atoms with E-state index in [1.807, 2.05) is 0 Å². The number of hydrogen-bond donors (Lipinski definition) is 0. The number of benzene rings is 1. The second kappa shape index (κ2) is 6.47. The van der Waals surface area contributed by atoms with Crippen molar-refractivity contribution in [2.45, 2.75) is 6.42 Å². The third-order valence-corrected chi connectivity index (χ3v) is 3.57. The molecular weight excluding hydrogens is 268 g/mol. The van der Waals surface area contributed by atoms with Crippen LogP contribution in [-0.2, 0) is 9.53 Å². The van der Waals surface area contributed by atoms with E-state index in [0.717, 1.165) is 0 Å². The van der Waals surface area contributed by atoms with E-state index in [2.05, 4.69) is 4.74 Å². The van der Waals surface area contributed by atoms with Crippen LogP contribution in [0.15, 0.2) is 18.2 Å². The highest BCUT2D eigenvalue weighted by atomic mass is 32.2. The van der Waals surface area contributed by atoms with Crippen LogP contribution in [0.3, 0.4) is 0 Å². The minimum atomic E-state index is -0.261. The van der Waals surface area contributed by atoms with E-state index in [9.17, 15) is 9.59 Å². The number of ether oxygens (including phenoxy) is 3. The van der Waals surface area contributed by atoms with Gasteiger partial charge >= 0.3 is 5.97 Å². The summed E-state index contributed by atoms with van der Waals surface area (Å²) in [4.78, 5) is 22.8. The number of carbonyl (C=O) groups is 2. The van der Waals surface area contributed by atoms with Crippen molar-refractivity contribution in [3.63, 3.8) is 0 Å². The van der Waals surface area contributed by atoms with Crippen molar-refractivity contribution in [2.24, 2.45) is 0 Å². The number of thioether (sulfide) groups is 1. The summed E-state index contributed by atoms with van der Waals surface area (Å²) in [6.07, 6.45) is 0.315. The molecule has 6 heteroatoms. The Morgan fingerprint density at radius 2 is 2.11 bits per heavy atom. The Labute approximate surface area is 115 Å². The van der Waals surface area contributed by atoms with Crippen LogP contribution >= 0.6 is 11.8 Å². The molecule has 102 valence electrons. The van der Waals surface area contributed by atoms with Gasteiger partial charge in [0.2, 0.25) is 6.79 Å². The highest BCUT2D eigenvalue weighted by Crippen LogP contribution is 2.32. The lowest BCUT2D eigenvalue weighted by Crippen LogP contribution is -2.05. The highest BCUT2D eigenvalue weighted by Gasteiger charge is 2.16. The summed E-state index contributed by atoms with van der Waals surface area (Å²) in [5.74, 6) is 1.91. The van der Waals surface area contributed by atoms with Gasteiger partial charge in [-0.3, -0.25) is 9.59 Å². The summed E-state index contributed by atoms with van der Waals surface area (Å²) in [7, 11) is 1.35. The summed E-state index contributed by atoms with van der Waals surface area (Å²) in [6, 6.07) is 5.14. The Hall–Kier alpha value is -1.69. The van der Waals surface area contributed by atoms with Gasteiger partial charge in [0.1, 0.15) is 0 Å². The first-order valence-corrected chi connectivity index (χ1v) is 6.93. The molecule has 1 aromatic carbocycles. The minimum Gasteiger partial charge on any atom is -0.469 e. The maximum absolute atomic E-state index is 11.9. The molecule has 0 aliphatic carbocycles. The molecule has 0 aromatic heterocycles. The second-order valence-corrected chi connectivity index (χ2v) is 4.98. The van der Waals surface area contributed by atoms with Crippen molar-refractivity contribution in [3.05, 3.63) is 23.8 Å². The summed E-state index contributed by atoms with van der Waals surface area (Å²) in [5.41, 5.74) is 0.592. The van der Waals surface area contributed by atoms with E-state index in [4.69, 9.17) is 9.47 Å². The fraction of sp³-hybridized carbons (Fsp3) is 0.385. The Morgan fingerprint density at radius 3 is 2.89 bits per heavy atom. The molecular formula is C13H14O5S. The Bertz CT molecular complexity index is 486. The van der Waals surface area contributed by atoms with Crippen LogP contribution in [0, 0.1) is 0 Å². The standard InChI is InChI=1S/C13H14O5S/c1-16-13(15)4-5-19-7-10(14)9-2-3-11-12(6-9)18-8-17-11/h2-3,6H,4-5,7-8H2,1H3. The normalized spacial score (nSPS) is 12.3. The predicted octanol–water partition coefficient (Wildman–Crippen LogP) is 1.89. The van der Waals surface area contributed by atoms with Crippen LogP contribution in [0.1, 0.15) is 16.8 Å². The van der Waals surface area contributed by atoms with Gasteiger partial charge in [-0.1, -0.05) is 0 Å². The van der Waals surface area contributed by atoms with E-state index in [1.54, 1.807) is 18.2 Å². The quantitative estimate of drug-likeness (QED) is 0.451. The van der Waals surface area contributed by atoms with Crippen molar-refractivity contribution in [2.75, 3.05) is 25.4 Å². The molecule has 0 amide bonds. The monoisotopic (exact) mass is 282 g/mol. The number of Topliss-reactive ketones (excluding diaryl/α,β-unsaturated/α-hetero) is 1. The first kappa shape index (κ1) is 13.7. The van der Waals surface area contributed by atoms with Crippen LogP contribution in [-0.4, -0.2) is 37.2 Å². The van der Waals surface area contributed by atoms with Gasteiger partial charge in [0.25, 0.3) is 0 Å². The second-order valence-electron chi connectivity index (χ2n) is 3.87. The van der Waals surface area contributed by atoms with E-state index in [1.165, 1.54) is 18.9 Å². The van der Waals surface area contributed by atoms with Crippen molar-refractivity contribution in [1.82, 2.24) is 0 Å². The van der Waals surface area contributed by atoms with Gasteiger partial charge in [-0.05, 0) is 18.2 Å². The summed E-state index contributed by atoms with van der Waals surface area (Å²) in [5, 5.41) is 0. The van der Waals surface area contributed by atoms with Crippen molar-refractivity contribution < 1.29 is 23.8 Å².